The van der Waals surface area contributed by atoms with Gasteiger partial charge in [-0.25, -0.2) is 0 Å². The van der Waals surface area contributed by atoms with Gasteiger partial charge in [-0.1, -0.05) is 30.3 Å². The molecule has 0 aromatic heterocycles. The quantitative estimate of drug-likeness (QED) is 0.792. The second-order valence-corrected chi connectivity index (χ2v) is 5.43. The van der Waals surface area contributed by atoms with E-state index in [9.17, 15) is 4.79 Å². The molecule has 1 aliphatic heterocycles. The van der Waals surface area contributed by atoms with Gasteiger partial charge in [-0.2, -0.15) is 0 Å². The standard InChI is InChI=1S/C16H24N2O2.ClH/c1-13-11-15(7-9-17-13)18-16(19)8-10-20-12-14-5-3-2-4-6-14;/h2-6,13,15,17H,7-12H2,1H3,(H,18,19);1H. The molecule has 1 aliphatic rings. The van der Waals surface area contributed by atoms with Crippen LogP contribution >= 0.6 is 12.4 Å². The molecule has 1 aromatic carbocycles. The van der Waals surface area contributed by atoms with Crippen LogP contribution in [0.5, 0.6) is 0 Å². The molecule has 0 aliphatic carbocycles. The molecule has 1 saturated heterocycles. The van der Waals surface area contributed by atoms with Crippen molar-refractivity contribution in [3.05, 3.63) is 35.9 Å². The molecule has 0 saturated carbocycles. The van der Waals surface area contributed by atoms with Gasteiger partial charge in [-0.05, 0) is 31.9 Å². The summed E-state index contributed by atoms with van der Waals surface area (Å²) in [5, 5.41) is 6.47. The molecule has 1 amide bonds. The van der Waals surface area contributed by atoms with E-state index in [0.717, 1.165) is 24.9 Å². The van der Waals surface area contributed by atoms with Gasteiger partial charge in [0.25, 0.3) is 0 Å². The van der Waals surface area contributed by atoms with Crippen molar-refractivity contribution in [1.29, 1.82) is 0 Å². The Kier molecular flexibility index (Phi) is 8.35. The number of nitrogens with one attached hydrogen (secondary N) is 2. The van der Waals surface area contributed by atoms with E-state index >= 15 is 0 Å². The van der Waals surface area contributed by atoms with Crippen LogP contribution in [-0.2, 0) is 16.1 Å². The SMILES string of the molecule is CC1CC(NC(=O)CCOCc2ccccc2)CCN1.Cl. The molecule has 21 heavy (non-hydrogen) atoms. The Morgan fingerprint density at radius 2 is 2.14 bits per heavy atom. The van der Waals surface area contributed by atoms with Gasteiger partial charge in [0, 0.05) is 18.5 Å². The minimum Gasteiger partial charge on any atom is -0.376 e. The van der Waals surface area contributed by atoms with Crippen LogP contribution in [0.3, 0.4) is 0 Å². The predicted octanol–water partition coefficient (Wildman–Crippen LogP) is 2.27. The van der Waals surface area contributed by atoms with Crippen LogP contribution in [0.15, 0.2) is 30.3 Å². The van der Waals surface area contributed by atoms with Crippen LogP contribution in [0.25, 0.3) is 0 Å². The van der Waals surface area contributed by atoms with E-state index in [1.165, 1.54) is 0 Å². The maximum Gasteiger partial charge on any atom is 0.222 e. The number of hydrogen-bond donors (Lipinski definition) is 2. The number of rotatable bonds is 6. The fraction of sp³-hybridized carbons (Fsp3) is 0.562. The highest BCUT2D eigenvalue weighted by Gasteiger charge is 2.19. The summed E-state index contributed by atoms with van der Waals surface area (Å²) in [4.78, 5) is 11.8. The van der Waals surface area contributed by atoms with Crippen LogP contribution in [0.2, 0.25) is 0 Å². The minimum atomic E-state index is 0. The largest absolute Gasteiger partial charge is 0.376 e. The van der Waals surface area contributed by atoms with Crippen molar-refractivity contribution in [2.75, 3.05) is 13.2 Å². The molecule has 0 radical (unpaired) electrons. The van der Waals surface area contributed by atoms with Crippen LogP contribution < -0.4 is 10.6 Å². The molecule has 1 aromatic rings. The van der Waals surface area contributed by atoms with Crippen molar-refractivity contribution in [2.24, 2.45) is 0 Å². The number of ether oxygens (including phenoxy) is 1. The van der Waals surface area contributed by atoms with E-state index in [2.05, 4.69) is 17.6 Å². The van der Waals surface area contributed by atoms with Gasteiger partial charge in [-0.15, -0.1) is 12.4 Å². The normalized spacial score (nSPS) is 21.4. The summed E-state index contributed by atoms with van der Waals surface area (Å²) in [6, 6.07) is 10.8. The molecule has 1 fully saturated rings. The number of hydrogen-bond acceptors (Lipinski definition) is 3. The van der Waals surface area contributed by atoms with Gasteiger partial charge < -0.3 is 15.4 Å². The average Bonchev–Trinajstić information content (AvgIpc) is 2.45. The predicted molar refractivity (Wildman–Crippen MR) is 86.6 cm³/mol. The summed E-state index contributed by atoms with van der Waals surface area (Å²) in [5.74, 6) is 0.0946. The van der Waals surface area contributed by atoms with Crippen molar-refractivity contribution in [2.45, 2.75) is 44.9 Å². The monoisotopic (exact) mass is 312 g/mol. The molecule has 0 bridgehead atoms. The Balaban J connectivity index is 0.00000220. The van der Waals surface area contributed by atoms with Crippen molar-refractivity contribution in [3.8, 4) is 0 Å². The highest BCUT2D eigenvalue weighted by Crippen LogP contribution is 2.08. The second-order valence-electron chi connectivity index (χ2n) is 5.43. The van der Waals surface area contributed by atoms with E-state index in [1.54, 1.807) is 0 Å². The highest BCUT2D eigenvalue weighted by molar-refractivity contribution is 5.85. The number of carbonyl (C=O) groups excluding carboxylic acids is 1. The van der Waals surface area contributed by atoms with Crippen molar-refractivity contribution in [3.63, 3.8) is 0 Å². The third-order valence-electron chi connectivity index (χ3n) is 3.57. The maximum absolute atomic E-state index is 11.8. The molecule has 2 atom stereocenters. The van der Waals surface area contributed by atoms with Gasteiger partial charge in [0.1, 0.15) is 0 Å². The van der Waals surface area contributed by atoms with Crippen molar-refractivity contribution >= 4 is 18.3 Å². The van der Waals surface area contributed by atoms with Crippen molar-refractivity contribution in [1.82, 2.24) is 10.6 Å². The van der Waals surface area contributed by atoms with Crippen LogP contribution in [-0.4, -0.2) is 31.1 Å². The molecular weight excluding hydrogens is 288 g/mol. The molecule has 2 N–H and O–H groups in total. The van der Waals surface area contributed by atoms with Crippen LogP contribution in [0, 0.1) is 0 Å². The Morgan fingerprint density at radius 1 is 1.38 bits per heavy atom. The fourth-order valence-electron chi connectivity index (χ4n) is 2.49. The van der Waals surface area contributed by atoms with Crippen LogP contribution in [0.1, 0.15) is 31.7 Å². The third kappa shape index (κ3) is 6.93. The first-order chi connectivity index (χ1) is 9.74. The van der Waals surface area contributed by atoms with Gasteiger partial charge in [0.2, 0.25) is 5.91 Å². The first-order valence-electron chi connectivity index (χ1n) is 7.38. The lowest BCUT2D eigenvalue weighted by atomic mass is 10.0. The van der Waals surface area contributed by atoms with E-state index in [0.29, 0.717) is 31.7 Å². The molecule has 4 nitrogen and oxygen atoms in total. The number of benzene rings is 1. The Bertz CT molecular complexity index is 414. The zero-order chi connectivity index (χ0) is 14.2. The van der Waals surface area contributed by atoms with E-state index < -0.39 is 0 Å². The zero-order valence-electron chi connectivity index (χ0n) is 12.5. The highest BCUT2D eigenvalue weighted by atomic mass is 35.5. The van der Waals surface area contributed by atoms with Gasteiger partial charge in [0.05, 0.1) is 13.2 Å². The third-order valence-corrected chi connectivity index (χ3v) is 3.57. The summed E-state index contributed by atoms with van der Waals surface area (Å²) >= 11 is 0. The van der Waals surface area contributed by atoms with Gasteiger partial charge in [-0.3, -0.25) is 4.79 Å². The average molecular weight is 313 g/mol. The number of piperidine rings is 1. The molecular formula is C16H25ClN2O2. The van der Waals surface area contributed by atoms with Gasteiger partial charge in [0.15, 0.2) is 0 Å². The molecule has 1 heterocycles. The Morgan fingerprint density at radius 3 is 2.86 bits per heavy atom. The van der Waals surface area contributed by atoms with Crippen LogP contribution in [0.4, 0.5) is 0 Å². The number of amides is 1. The number of halogens is 1. The van der Waals surface area contributed by atoms with E-state index in [1.807, 2.05) is 30.3 Å². The molecule has 118 valence electrons. The summed E-state index contributed by atoms with van der Waals surface area (Å²) in [6.07, 6.45) is 2.46. The first kappa shape index (κ1) is 18.0. The molecule has 5 heteroatoms. The molecule has 2 unspecified atom stereocenters. The second kappa shape index (κ2) is 9.77. The summed E-state index contributed by atoms with van der Waals surface area (Å²) in [5.41, 5.74) is 1.14. The fourth-order valence-corrected chi connectivity index (χ4v) is 2.49. The summed E-state index contributed by atoms with van der Waals surface area (Å²) < 4.78 is 5.53. The lowest BCUT2D eigenvalue weighted by Gasteiger charge is -2.28. The number of carbonyl (C=O) groups is 1. The molecule has 0 spiro atoms. The van der Waals surface area contributed by atoms with Crippen molar-refractivity contribution < 1.29 is 9.53 Å². The lowest BCUT2D eigenvalue weighted by molar-refractivity contribution is -0.123. The molecule has 2 rings (SSSR count). The van der Waals surface area contributed by atoms with E-state index in [4.69, 9.17) is 4.74 Å². The zero-order valence-corrected chi connectivity index (χ0v) is 13.3. The lowest BCUT2D eigenvalue weighted by Crippen LogP contribution is -2.46. The smallest absolute Gasteiger partial charge is 0.222 e. The summed E-state index contributed by atoms with van der Waals surface area (Å²) in [7, 11) is 0. The Labute approximate surface area is 133 Å². The first-order valence-corrected chi connectivity index (χ1v) is 7.38. The summed E-state index contributed by atoms with van der Waals surface area (Å²) in [6.45, 7) is 4.18. The topological polar surface area (TPSA) is 50.4 Å². The maximum atomic E-state index is 11.8. The van der Waals surface area contributed by atoms with E-state index in [-0.39, 0.29) is 18.3 Å². The minimum absolute atomic E-state index is 0. The van der Waals surface area contributed by atoms with Gasteiger partial charge >= 0.3 is 0 Å². The Hall–Kier alpha value is -1.10.